The monoisotopic (exact) mass is 236 g/mol. The fourth-order valence-electron chi connectivity index (χ4n) is 1.51. The predicted molar refractivity (Wildman–Crippen MR) is 63.1 cm³/mol. The van der Waals surface area contributed by atoms with E-state index in [9.17, 15) is 9.59 Å². The zero-order chi connectivity index (χ0) is 12.8. The third-order valence-electron chi connectivity index (χ3n) is 2.35. The molecule has 1 rings (SSSR count). The molecule has 1 aromatic heterocycles. The van der Waals surface area contributed by atoms with Crippen LogP contribution in [0.25, 0.3) is 0 Å². The van der Waals surface area contributed by atoms with E-state index in [4.69, 9.17) is 5.11 Å². The first-order valence-corrected chi connectivity index (χ1v) is 5.59. The molecule has 0 fully saturated rings. The summed E-state index contributed by atoms with van der Waals surface area (Å²) in [6.45, 7) is 5.10. The molecule has 0 aliphatic carbocycles. The molecule has 1 aromatic rings. The maximum absolute atomic E-state index is 12.0. The van der Waals surface area contributed by atoms with E-state index >= 15 is 0 Å². The summed E-state index contributed by atoms with van der Waals surface area (Å²) in [5.74, 6) is -1.35. The van der Waals surface area contributed by atoms with Crippen molar-refractivity contribution in [3.05, 3.63) is 29.6 Å². The fourth-order valence-corrected chi connectivity index (χ4v) is 1.51. The molecule has 5 nitrogen and oxygen atoms in total. The Morgan fingerprint density at radius 2 is 1.94 bits per heavy atom. The number of rotatable bonds is 5. The first-order valence-electron chi connectivity index (χ1n) is 5.59. The number of carboxylic acid groups (broad SMARTS) is 1. The van der Waals surface area contributed by atoms with E-state index in [0.29, 0.717) is 13.1 Å². The zero-order valence-electron chi connectivity index (χ0n) is 10.0. The minimum atomic E-state index is -1.13. The topological polar surface area (TPSA) is 70.5 Å². The summed E-state index contributed by atoms with van der Waals surface area (Å²) >= 11 is 0. The van der Waals surface area contributed by atoms with Gasteiger partial charge in [-0.15, -0.1) is 0 Å². The summed E-state index contributed by atoms with van der Waals surface area (Å²) in [5, 5.41) is 8.80. The Kier molecular flexibility index (Phi) is 4.63. The first-order chi connectivity index (χ1) is 8.10. The van der Waals surface area contributed by atoms with Crippen molar-refractivity contribution in [3.63, 3.8) is 0 Å². The van der Waals surface area contributed by atoms with Gasteiger partial charge in [-0.1, -0.05) is 13.0 Å². The number of aromatic carboxylic acids is 1. The van der Waals surface area contributed by atoms with E-state index in [0.717, 1.165) is 6.42 Å². The first kappa shape index (κ1) is 13.2. The molecule has 0 saturated carbocycles. The van der Waals surface area contributed by atoms with Crippen molar-refractivity contribution in [1.29, 1.82) is 0 Å². The predicted octanol–water partition coefficient (Wildman–Crippen LogP) is 1.65. The summed E-state index contributed by atoms with van der Waals surface area (Å²) < 4.78 is 0. The van der Waals surface area contributed by atoms with Gasteiger partial charge < -0.3 is 10.0 Å². The van der Waals surface area contributed by atoms with Gasteiger partial charge in [0.25, 0.3) is 5.91 Å². The molecule has 17 heavy (non-hydrogen) atoms. The van der Waals surface area contributed by atoms with E-state index in [2.05, 4.69) is 4.98 Å². The van der Waals surface area contributed by atoms with Crippen molar-refractivity contribution in [2.45, 2.75) is 20.3 Å². The lowest BCUT2D eigenvalue weighted by atomic mass is 10.2. The van der Waals surface area contributed by atoms with Crippen LogP contribution in [0.2, 0.25) is 0 Å². The normalized spacial score (nSPS) is 10.0. The van der Waals surface area contributed by atoms with Gasteiger partial charge in [-0.3, -0.25) is 4.79 Å². The van der Waals surface area contributed by atoms with E-state index < -0.39 is 5.97 Å². The van der Waals surface area contributed by atoms with Gasteiger partial charge in [-0.05, 0) is 25.5 Å². The molecule has 0 radical (unpaired) electrons. The Hall–Kier alpha value is -1.91. The standard InChI is InChI=1S/C12H16N2O3/c1-3-8-14(4-2)11(15)9-6-5-7-10(13-9)12(16)17/h5-7H,3-4,8H2,1-2H3,(H,16,17). The van der Waals surface area contributed by atoms with E-state index in [1.807, 2.05) is 13.8 Å². The number of amides is 1. The molecule has 1 amide bonds. The Morgan fingerprint density at radius 3 is 2.47 bits per heavy atom. The van der Waals surface area contributed by atoms with Crippen LogP contribution < -0.4 is 0 Å². The van der Waals surface area contributed by atoms with Crippen LogP contribution in [-0.4, -0.2) is 40.0 Å². The molecule has 0 bridgehead atoms. The minimum Gasteiger partial charge on any atom is -0.477 e. The summed E-state index contributed by atoms with van der Waals surface area (Å²) in [7, 11) is 0. The smallest absolute Gasteiger partial charge is 0.354 e. The van der Waals surface area contributed by atoms with Gasteiger partial charge in [0.2, 0.25) is 0 Å². The zero-order valence-corrected chi connectivity index (χ0v) is 10.0. The van der Waals surface area contributed by atoms with Gasteiger partial charge in [0.1, 0.15) is 11.4 Å². The van der Waals surface area contributed by atoms with Gasteiger partial charge >= 0.3 is 5.97 Å². The van der Waals surface area contributed by atoms with Crippen molar-refractivity contribution >= 4 is 11.9 Å². The average molecular weight is 236 g/mol. The van der Waals surface area contributed by atoms with Crippen molar-refractivity contribution in [1.82, 2.24) is 9.88 Å². The third kappa shape index (κ3) is 3.27. The van der Waals surface area contributed by atoms with Gasteiger partial charge in [0, 0.05) is 13.1 Å². The van der Waals surface area contributed by atoms with Gasteiger partial charge in [0.15, 0.2) is 0 Å². The van der Waals surface area contributed by atoms with Crippen LogP contribution in [-0.2, 0) is 0 Å². The van der Waals surface area contributed by atoms with E-state index in [1.165, 1.54) is 18.2 Å². The maximum Gasteiger partial charge on any atom is 0.354 e. The van der Waals surface area contributed by atoms with Crippen molar-refractivity contribution in [2.24, 2.45) is 0 Å². The lowest BCUT2D eigenvalue weighted by molar-refractivity contribution is 0.0690. The van der Waals surface area contributed by atoms with Crippen LogP contribution in [0.15, 0.2) is 18.2 Å². The second kappa shape index (κ2) is 5.98. The fraction of sp³-hybridized carbons (Fsp3) is 0.417. The second-order valence-corrected chi connectivity index (χ2v) is 3.60. The lowest BCUT2D eigenvalue weighted by Crippen LogP contribution is -2.32. The number of aromatic nitrogens is 1. The molecule has 0 saturated heterocycles. The van der Waals surface area contributed by atoms with Crippen LogP contribution in [0, 0.1) is 0 Å². The Morgan fingerprint density at radius 1 is 1.29 bits per heavy atom. The Balaban J connectivity index is 2.95. The summed E-state index contributed by atoms with van der Waals surface area (Å²) in [6, 6.07) is 4.44. The highest BCUT2D eigenvalue weighted by Gasteiger charge is 2.16. The largest absolute Gasteiger partial charge is 0.477 e. The highest BCUT2D eigenvalue weighted by Crippen LogP contribution is 2.05. The summed E-state index contributed by atoms with van der Waals surface area (Å²) in [5.41, 5.74) is 0.0728. The highest BCUT2D eigenvalue weighted by molar-refractivity contribution is 5.94. The molecular weight excluding hydrogens is 220 g/mol. The molecule has 1 heterocycles. The lowest BCUT2D eigenvalue weighted by Gasteiger charge is -2.19. The molecule has 0 aliphatic heterocycles. The summed E-state index contributed by atoms with van der Waals surface area (Å²) in [6.07, 6.45) is 0.859. The van der Waals surface area contributed by atoms with E-state index in [1.54, 1.807) is 4.90 Å². The molecule has 1 N–H and O–H groups in total. The molecule has 0 spiro atoms. The molecule has 0 atom stereocenters. The Bertz CT molecular complexity index is 418. The van der Waals surface area contributed by atoms with Crippen LogP contribution in [0.4, 0.5) is 0 Å². The van der Waals surface area contributed by atoms with Crippen molar-refractivity contribution in [3.8, 4) is 0 Å². The highest BCUT2D eigenvalue weighted by atomic mass is 16.4. The van der Waals surface area contributed by atoms with Crippen LogP contribution in [0.5, 0.6) is 0 Å². The molecule has 0 aliphatic rings. The number of nitrogens with zero attached hydrogens (tertiary/aromatic N) is 2. The van der Waals surface area contributed by atoms with E-state index in [-0.39, 0.29) is 17.3 Å². The molecule has 92 valence electrons. The second-order valence-electron chi connectivity index (χ2n) is 3.60. The molecule has 5 heteroatoms. The number of pyridine rings is 1. The SMILES string of the molecule is CCCN(CC)C(=O)c1cccc(C(=O)O)n1. The minimum absolute atomic E-state index is 0.108. The van der Waals surface area contributed by atoms with Gasteiger partial charge in [-0.2, -0.15) is 0 Å². The van der Waals surface area contributed by atoms with Crippen LogP contribution in [0.3, 0.4) is 0 Å². The quantitative estimate of drug-likeness (QED) is 0.843. The van der Waals surface area contributed by atoms with Gasteiger partial charge in [-0.25, -0.2) is 9.78 Å². The van der Waals surface area contributed by atoms with Crippen molar-refractivity contribution in [2.75, 3.05) is 13.1 Å². The van der Waals surface area contributed by atoms with Gasteiger partial charge in [0.05, 0.1) is 0 Å². The number of carbonyl (C=O) groups is 2. The Labute approximate surface area is 100 Å². The number of hydrogen-bond acceptors (Lipinski definition) is 3. The average Bonchev–Trinajstić information content (AvgIpc) is 2.35. The van der Waals surface area contributed by atoms with Crippen molar-refractivity contribution < 1.29 is 14.7 Å². The van der Waals surface area contributed by atoms with Crippen LogP contribution in [0.1, 0.15) is 41.2 Å². The maximum atomic E-state index is 12.0. The number of carbonyl (C=O) groups excluding carboxylic acids is 1. The number of carboxylic acids is 1. The molecular formula is C12H16N2O3. The third-order valence-corrected chi connectivity index (χ3v) is 2.35. The molecule has 0 aromatic carbocycles. The molecule has 0 unspecified atom stereocenters. The summed E-state index contributed by atoms with van der Waals surface area (Å²) in [4.78, 5) is 28.2. The van der Waals surface area contributed by atoms with Crippen LogP contribution >= 0.6 is 0 Å². The number of hydrogen-bond donors (Lipinski definition) is 1.